The molecule has 3 nitrogen and oxygen atoms in total. The summed E-state index contributed by atoms with van der Waals surface area (Å²) in [5.74, 6) is -0.382. The molecule has 3 rings (SSSR count). The minimum absolute atomic E-state index is 0.343. The van der Waals surface area contributed by atoms with Gasteiger partial charge in [0.25, 0.3) is 0 Å². The highest BCUT2D eigenvalue weighted by molar-refractivity contribution is 7.08. The summed E-state index contributed by atoms with van der Waals surface area (Å²) in [7, 11) is 0. The number of carbonyl (C=O) groups is 1. The fraction of sp³-hybridized carbons (Fsp3) is 0.333. The van der Waals surface area contributed by atoms with Crippen LogP contribution in [0.5, 0.6) is 0 Å². The molecule has 0 saturated carbocycles. The molecular formula is C24H27NO2S. The zero-order chi connectivity index (χ0) is 19.8. The van der Waals surface area contributed by atoms with Crippen molar-refractivity contribution in [3.05, 3.63) is 64.5 Å². The average Bonchev–Trinajstić information content (AvgIpc) is 3.26. The molecule has 146 valence electrons. The summed E-state index contributed by atoms with van der Waals surface area (Å²) in [6, 6.07) is 14.5. The molecule has 0 N–H and O–H groups in total. The Hall–Kier alpha value is -2.46. The third kappa shape index (κ3) is 5.08. The van der Waals surface area contributed by atoms with Gasteiger partial charge in [-0.05, 0) is 54.5 Å². The molecule has 0 unspecified atom stereocenters. The number of benzene rings is 1. The van der Waals surface area contributed by atoms with Crippen molar-refractivity contribution in [3.8, 4) is 22.4 Å². The van der Waals surface area contributed by atoms with E-state index in [1.54, 1.807) is 24.3 Å². The largest absolute Gasteiger partial charge is 0.461 e. The number of nitrogens with zero attached hydrogens (tertiary/aromatic N) is 1. The van der Waals surface area contributed by atoms with Gasteiger partial charge in [-0.1, -0.05) is 50.5 Å². The fourth-order valence-electron chi connectivity index (χ4n) is 3.24. The summed E-state index contributed by atoms with van der Waals surface area (Å²) < 4.78 is 5.12. The highest BCUT2D eigenvalue weighted by Gasteiger charge is 2.15. The Morgan fingerprint density at radius 1 is 0.964 bits per heavy atom. The van der Waals surface area contributed by atoms with Crippen molar-refractivity contribution in [3.63, 3.8) is 0 Å². The maximum atomic E-state index is 12.1. The molecular weight excluding hydrogens is 366 g/mol. The monoisotopic (exact) mass is 393 g/mol. The van der Waals surface area contributed by atoms with Crippen LogP contribution in [0.25, 0.3) is 22.4 Å². The van der Waals surface area contributed by atoms with Crippen LogP contribution in [-0.4, -0.2) is 17.6 Å². The second-order valence-corrected chi connectivity index (χ2v) is 7.61. The molecule has 0 amide bonds. The lowest BCUT2D eigenvalue weighted by Gasteiger charge is -2.11. The molecule has 0 radical (unpaired) electrons. The quantitative estimate of drug-likeness (QED) is 0.297. The van der Waals surface area contributed by atoms with Crippen molar-refractivity contribution < 1.29 is 9.53 Å². The van der Waals surface area contributed by atoms with Gasteiger partial charge in [-0.2, -0.15) is 11.3 Å². The Kier molecular flexibility index (Phi) is 7.38. The molecule has 1 aromatic carbocycles. The Morgan fingerprint density at radius 3 is 2.46 bits per heavy atom. The van der Waals surface area contributed by atoms with Crippen LogP contribution < -0.4 is 0 Å². The van der Waals surface area contributed by atoms with Gasteiger partial charge in [-0.25, -0.2) is 9.78 Å². The van der Waals surface area contributed by atoms with Gasteiger partial charge in [0.1, 0.15) is 5.69 Å². The summed E-state index contributed by atoms with van der Waals surface area (Å²) >= 11 is 1.62. The van der Waals surface area contributed by atoms with Crippen LogP contribution in [0.2, 0.25) is 0 Å². The number of ether oxygens (including phenoxy) is 1. The summed E-state index contributed by atoms with van der Waals surface area (Å²) in [6.07, 6.45) is 6.22. The molecule has 0 fully saturated rings. The van der Waals surface area contributed by atoms with Crippen molar-refractivity contribution in [1.29, 1.82) is 0 Å². The first-order valence-electron chi connectivity index (χ1n) is 10.0. The van der Waals surface area contributed by atoms with Gasteiger partial charge in [0, 0.05) is 16.5 Å². The van der Waals surface area contributed by atoms with E-state index in [-0.39, 0.29) is 5.97 Å². The second-order valence-electron chi connectivity index (χ2n) is 6.83. The minimum atomic E-state index is -0.382. The molecule has 0 bridgehead atoms. The highest BCUT2D eigenvalue weighted by atomic mass is 32.1. The molecule has 0 atom stereocenters. The van der Waals surface area contributed by atoms with Gasteiger partial charge in [0.2, 0.25) is 0 Å². The Morgan fingerprint density at radius 2 is 1.79 bits per heavy atom. The fourth-order valence-corrected chi connectivity index (χ4v) is 3.88. The van der Waals surface area contributed by atoms with E-state index in [4.69, 9.17) is 4.74 Å². The van der Waals surface area contributed by atoms with Gasteiger partial charge in [-0.15, -0.1) is 0 Å². The van der Waals surface area contributed by atoms with Gasteiger partial charge in [0.15, 0.2) is 0 Å². The number of hydrogen-bond donors (Lipinski definition) is 0. The standard InChI is InChI=1S/C24H27NO2S/c1-3-5-6-7-8-18-9-11-19(12-10-18)21-13-14-22(24(26)27-4-2)25-23(21)20-15-16-28-17-20/h9-17H,3-8H2,1-2H3. The number of pyridine rings is 1. The lowest BCUT2D eigenvalue weighted by atomic mass is 9.98. The molecule has 2 aromatic heterocycles. The normalized spacial score (nSPS) is 10.8. The predicted molar refractivity (Wildman–Crippen MR) is 117 cm³/mol. The van der Waals surface area contributed by atoms with E-state index in [1.807, 2.05) is 17.5 Å². The van der Waals surface area contributed by atoms with Gasteiger partial charge in [-0.3, -0.25) is 0 Å². The van der Waals surface area contributed by atoms with Crippen LogP contribution in [-0.2, 0) is 11.2 Å². The van der Waals surface area contributed by atoms with Gasteiger partial charge in [0.05, 0.1) is 12.3 Å². The molecule has 0 aliphatic heterocycles. The van der Waals surface area contributed by atoms with E-state index in [2.05, 4.69) is 41.6 Å². The number of hydrogen-bond acceptors (Lipinski definition) is 4. The van der Waals surface area contributed by atoms with Crippen LogP contribution in [0.1, 0.15) is 55.6 Å². The number of aryl methyl sites for hydroxylation is 1. The van der Waals surface area contributed by atoms with E-state index >= 15 is 0 Å². The van der Waals surface area contributed by atoms with E-state index in [9.17, 15) is 4.79 Å². The molecule has 0 saturated heterocycles. The maximum absolute atomic E-state index is 12.1. The minimum Gasteiger partial charge on any atom is -0.461 e. The van der Waals surface area contributed by atoms with E-state index in [1.165, 1.54) is 31.2 Å². The van der Waals surface area contributed by atoms with Crippen molar-refractivity contribution in [2.24, 2.45) is 0 Å². The zero-order valence-corrected chi connectivity index (χ0v) is 17.4. The SMILES string of the molecule is CCCCCCc1ccc(-c2ccc(C(=O)OCC)nc2-c2ccsc2)cc1. The first kappa shape index (κ1) is 20.3. The molecule has 4 heteroatoms. The van der Waals surface area contributed by atoms with Crippen molar-refractivity contribution in [2.75, 3.05) is 6.61 Å². The average molecular weight is 394 g/mol. The number of thiophene rings is 1. The number of esters is 1. The summed E-state index contributed by atoms with van der Waals surface area (Å²) in [5.41, 5.74) is 5.70. The number of carbonyl (C=O) groups excluding carboxylic acids is 1. The highest BCUT2D eigenvalue weighted by Crippen LogP contribution is 2.32. The van der Waals surface area contributed by atoms with Crippen molar-refractivity contribution >= 4 is 17.3 Å². The Balaban J connectivity index is 1.87. The molecule has 0 aliphatic rings. The second kappa shape index (κ2) is 10.2. The first-order valence-corrected chi connectivity index (χ1v) is 11.0. The summed E-state index contributed by atoms with van der Waals surface area (Å²) in [5, 5.41) is 4.08. The first-order chi connectivity index (χ1) is 13.7. The van der Waals surface area contributed by atoms with E-state index < -0.39 is 0 Å². The van der Waals surface area contributed by atoms with Crippen molar-refractivity contribution in [2.45, 2.75) is 46.0 Å². The molecule has 3 aromatic rings. The lowest BCUT2D eigenvalue weighted by molar-refractivity contribution is 0.0519. The van der Waals surface area contributed by atoms with Crippen LogP contribution >= 0.6 is 11.3 Å². The predicted octanol–water partition coefficient (Wildman–Crippen LogP) is 6.78. The number of rotatable bonds is 9. The van der Waals surface area contributed by atoms with Crippen LogP contribution in [0.3, 0.4) is 0 Å². The number of unbranched alkanes of at least 4 members (excludes halogenated alkanes) is 3. The molecule has 0 spiro atoms. The third-order valence-corrected chi connectivity index (χ3v) is 5.44. The summed E-state index contributed by atoms with van der Waals surface area (Å²) in [4.78, 5) is 16.8. The van der Waals surface area contributed by atoms with Crippen LogP contribution in [0.15, 0.2) is 53.2 Å². The lowest BCUT2D eigenvalue weighted by Crippen LogP contribution is -2.08. The number of aromatic nitrogens is 1. The Bertz CT molecular complexity index is 885. The maximum Gasteiger partial charge on any atom is 0.356 e. The van der Waals surface area contributed by atoms with Crippen LogP contribution in [0, 0.1) is 0 Å². The topological polar surface area (TPSA) is 39.2 Å². The smallest absolute Gasteiger partial charge is 0.356 e. The molecule has 0 aliphatic carbocycles. The van der Waals surface area contributed by atoms with Crippen LogP contribution in [0.4, 0.5) is 0 Å². The van der Waals surface area contributed by atoms with Crippen molar-refractivity contribution in [1.82, 2.24) is 4.98 Å². The zero-order valence-electron chi connectivity index (χ0n) is 16.6. The van der Waals surface area contributed by atoms with E-state index in [0.717, 1.165) is 28.8 Å². The molecule has 28 heavy (non-hydrogen) atoms. The Labute approximate surface area is 171 Å². The van der Waals surface area contributed by atoms with E-state index in [0.29, 0.717) is 12.3 Å². The van der Waals surface area contributed by atoms with Gasteiger partial charge >= 0.3 is 5.97 Å². The molecule has 2 heterocycles. The summed E-state index contributed by atoms with van der Waals surface area (Å²) in [6.45, 7) is 4.38. The van der Waals surface area contributed by atoms with Gasteiger partial charge < -0.3 is 4.74 Å². The third-order valence-electron chi connectivity index (χ3n) is 4.76.